The number of hydrogen-bond acceptors (Lipinski definition) is 1. The van der Waals surface area contributed by atoms with Crippen LogP contribution >= 0.6 is 0 Å². The van der Waals surface area contributed by atoms with Gasteiger partial charge in [-0.2, -0.15) is 0 Å². The highest BCUT2D eigenvalue weighted by molar-refractivity contribution is 6.05. The maximum Gasteiger partial charge on any atom is 0.0562 e. The normalized spacial score (nSPS) is 16.8. The molecule has 0 aromatic heterocycles. The van der Waals surface area contributed by atoms with E-state index in [4.69, 9.17) is 5.41 Å². The van der Waals surface area contributed by atoms with Crippen LogP contribution in [0.3, 0.4) is 0 Å². The van der Waals surface area contributed by atoms with E-state index in [1.807, 2.05) is 38.2 Å². The molecule has 0 amide bonds. The Bertz CT molecular complexity index is 407. The van der Waals surface area contributed by atoms with Crippen molar-refractivity contribution in [3.05, 3.63) is 48.6 Å². The third-order valence-electron chi connectivity index (χ3n) is 4.14. The average Bonchev–Trinajstić information content (AvgIpc) is 2.35. The fourth-order valence-electron chi connectivity index (χ4n) is 2.15. The largest absolute Gasteiger partial charge is 0.301 e. The van der Waals surface area contributed by atoms with Gasteiger partial charge in [-0.25, -0.2) is 0 Å². The lowest BCUT2D eigenvalue weighted by atomic mass is 9.64. The van der Waals surface area contributed by atoms with E-state index in [1.165, 1.54) is 0 Å². The first-order chi connectivity index (χ1) is 8.74. The second-order valence-corrected chi connectivity index (χ2v) is 5.83. The molecule has 1 nitrogen and oxygen atoms in total. The minimum absolute atomic E-state index is 0.0147. The van der Waals surface area contributed by atoms with Crippen molar-refractivity contribution in [2.75, 3.05) is 0 Å². The Morgan fingerprint density at radius 2 is 1.84 bits per heavy atom. The Hall–Kier alpha value is -1.37. The highest BCUT2D eigenvalue weighted by Gasteiger charge is 2.35. The van der Waals surface area contributed by atoms with E-state index < -0.39 is 0 Å². The molecule has 0 aliphatic carbocycles. The van der Waals surface area contributed by atoms with E-state index >= 15 is 0 Å². The number of nitrogens with one attached hydrogen (secondary N) is 1. The Morgan fingerprint density at radius 3 is 2.26 bits per heavy atom. The van der Waals surface area contributed by atoms with E-state index in [0.717, 1.165) is 12.0 Å². The maximum atomic E-state index is 7.99. The number of rotatable bonds is 7. The van der Waals surface area contributed by atoms with Gasteiger partial charge in [-0.3, -0.25) is 0 Å². The van der Waals surface area contributed by atoms with Gasteiger partial charge in [0.05, 0.1) is 5.71 Å². The first-order valence-corrected chi connectivity index (χ1v) is 6.95. The van der Waals surface area contributed by atoms with Crippen molar-refractivity contribution in [3.63, 3.8) is 0 Å². The summed E-state index contributed by atoms with van der Waals surface area (Å²) in [5.41, 5.74) is 1.65. The van der Waals surface area contributed by atoms with Crippen LogP contribution in [0.1, 0.15) is 48.0 Å². The van der Waals surface area contributed by atoms with E-state index in [-0.39, 0.29) is 10.8 Å². The summed E-state index contributed by atoms with van der Waals surface area (Å²) in [5, 5.41) is 7.99. The zero-order chi connectivity index (χ0) is 15.1. The fraction of sp³-hybridized carbons (Fsp3) is 0.500. The van der Waals surface area contributed by atoms with E-state index in [1.54, 1.807) is 0 Å². The predicted molar refractivity (Wildman–Crippen MR) is 87.8 cm³/mol. The van der Waals surface area contributed by atoms with E-state index in [0.29, 0.717) is 5.71 Å². The molecular formula is C18H29N. The lowest BCUT2D eigenvalue weighted by Gasteiger charge is -2.40. The van der Waals surface area contributed by atoms with Crippen LogP contribution in [0.15, 0.2) is 48.6 Å². The molecule has 19 heavy (non-hydrogen) atoms. The minimum Gasteiger partial charge on any atom is -0.301 e. The maximum absolute atomic E-state index is 7.99. The van der Waals surface area contributed by atoms with Crippen molar-refractivity contribution in [1.82, 2.24) is 0 Å². The second-order valence-electron chi connectivity index (χ2n) is 5.83. The van der Waals surface area contributed by atoms with Crippen LogP contribution in [0.4, 0.5) is 0 Å². The van der Waals surface area contributed by atoms with Crippen LogP contribution in [0, 0.1) is 16.2 Å². The van der Waals surface area contributed by atoms with Crippen molar-refractivity contribution >= 4 is 5.71 Å². The molecule has 0 aromatic carbocycles. The molecule has 0 aromatic rings. The van der Waals surface area contributed by atoms with Gasteiger partial charge in [-0.05, 0) is 42.7 Å². The highest BCUT2D eigenvalue weighted by atomic mass is 14.4. The molecule has 0 aliphatic heterocycles. The van der Waals surface area contributed by atoms with Crippen LogP contribution in [-0.2, 0) is 0 Å². The molecule has 0 saturated carbocycles. The van der Waals surface area contributed by atoms with Crippen molar-refractivity contribution in [2.24, 2.45) is 10.8 Å². The summed E-state index contributed by atoms with van der Waals surface area (Å²) >= 11 is 0. The van der Waals surface area contributed by atoms with Crippen LogP contribution < -0.4 is 0 Å². The molecule has 0 rings (SSSR count). The number of hydrogen-bond donors (Lipinski definition) is 1. The zero-order valence-corrected chi connectivity index (χ0v) is 13.4. The first-order valence-electron chi connectivity index (χ1n) is 6.95. The summed E-state index contributed by atoms with van der Waals surface area (Å²) in [6, 6.07) is 0. The topological polar surface area (TPSA) is 23.9 Å². The minimum atomic E-state index is -0.0147. The van der Waals surface area contributed by atoms with Gasteiger partial charge in [0, 0.05) is 0 Å². The Balaban J connectivity index is 5.45. The third kappa shape index (κ3) is 4.66. The van der Waals surface area contributed by atoms with Crippen molar-refractivity contribution < 1.29 is 0 Å². The Kier molecular flexibility index (Phi) is 6.75. The Labute approximate surface area is 119 Å². The highest BCUT2D eigenvalue weighted by Crippen LogP contribution is 2.44. The van der Waals surface area contributed by atoms with E-state index in [9.17, 15) is 0 Å². The molecule has 0 saturated heterocycles. The van der Waals surface area contributed by atoms with Gasteiger partial charge in [-0.15, -0.1) is 0 Å². The summed E-state index contributed by atoms with van der Waals surface area (Å²) in [4.78, 5) is 0. The van der Waals surface area contributed by atoms with E-state index in [2.05, 4.69) is 46.4 Å². The Morgan fingerprint density at radius 1 is 1.26 bits per heavy atom. The van der Waals surface area contributed by atoms with Gasteiger partial charge in [0.15, 0.2) is 0 Å². The van der Waals surface area contributed by atoms with Gasteiger partial charge >= 0.3 is 0 Å². The summed E-state index contributed by atoms with van der Waals surface area (Å²) < 4.78 is 0. The van der Waals surface area contributed by atoms with Gasteiger partial charge in [0.1, 0.15) is 0 Å². The average molecular weight is 259 g/mol. The molecule has 106 valence electrons. The molecule has 1 unspecified atom stereocenters. The SMILES string of the molecule is C=C/C=C\C(C)(CC)C(C)(C)/C=C(/C)C(=N)/C=C\C. The molecule has 0 bridgehead atoms. The molecule has 1 heteroatoms. The molecule has 0 heterocycles. The third-order valence-corrected chi connectivity index (χ3v) is 4.14. The fourth-order valence-corrected chi connectivity index (χ4v) is 2.15. The molecule has 1 atom stereocenters. The molecular weight excluding hydrogens is 230 g/mol. The summed E-state index contributed by atoms with van der Waals surface area (Å²) in [7, 11) is 0. The van der Waals surface area contributed by atoms with Gasteiger partial charge < -0.3 is 5.41 Å². The second kappa shape index (κ2) is 7.28. The molecule has 0 spiro atoms. The van der Waals surface area contributed by atoms with Crippen LogP contribution in [-0.4, -0.2) is 5.71 Å². The van der Waals surface area contributed by atoms with Crippen LogP contribution in [0.5, 0.6) is 0 Å². The number of allylic oxidation sites excluding steroid dienone is 7. The lowest BCUT2D eigenvalue weighted by molar-refractivity contribution is 0.197. The molecule has 0 fully saturated rings. The van der Waals surface area contributed by atoms with Crippen LogP contribution in [0.25, 0.3) is 0 Å². The standard InChI is InChI=1S/C18H29N/c1-8-11-13-18(7,10-3)17(5,6)14-15(4)16(19)12-9-2/h8-9,11-14,19H,1,10H2,2-7H3/b12-9-,13-11-,15-14-,19-16?. The van der Waals surface area contributed by atoms with Crippen molar-refractivity contribution in [3.8, 4) is 0 Å². The predicted octanol–water partition coefficient (Wildman–Crippen LogP) is 5.71. The summed E-state index contributed by atoms with van der Waals surface area (Å²) in [5.74, 6) is 0. The lowest BCUT2D eigenvalue weighted by Crippen LogP contribution is -2.31. The zero-order valence-electron chi connectivity index (χ0n) is 13.4. The van der Waals surface area contributed by atoms with Crippen molar-refractivity contribution in [1.29, 1.82) is 5.41 Å². The van der Waals surface area contributed by atoms with Gasteiger partial charge in [0.25, 0.3) is 0 Å². The summed E-state index contributed by atoms with van der Waals surface area (Å²) in [6.07, 6.45) is 13.1. The monoisotopic (exact) mass is 259 g/mol. The summed E-state index contributed by atoms with van der Waals surface area (Å²) in [6.45, 7) is 16.6. The smallest absolute Gasteiger partial charge is 0.0562 e. The van der Waals surface area contributed by atoms with Crippen molar-refractivity contribution in [2.45, 2.75) is 48.0 Å². The van der Waals surface area contributed by atoms with Crippen LogP contribution in [0.2, 0.25) is 0 Å². The first kappa shape index (κ1) is 17.6. The quantitative estimate of drug-likeness (QED) is 0.447. The molecule has 1 N–H and O–H groups in total. The molecule has 0 radical (unpaired) electrons. The molecule has 0 aliphatic rings. The van der Waals surface area contributed by atoms with Gasteiger partial charge in [0.2, 0.25) is 0 Å². The van der Waals surface area contributed by atoms with Gasteiger partial charge in [-0.1, -0.05) is 64.7 Å².